The van der Waals surface area contributed by atoms with E-state index in [1.807, 2.05) is 0 Å². The average molecular weight is 358 g/mol. The second-order valence-electron chi connectivity index (χ2n) is 4.94. The zero-order chi connectivity index (χ0) is 17.3. The van der Waals surface area contributed by atoms with E-state index in [0.717, 1.165) is 0 Å². The number of aliphatic hydroxyl groups is 1. The first-order valence-corrected chi connectivity index (χ1v) is 7.18. The van der Waals surface area contributed by atoms with Gasteiger partial charge in [0.25, 0.3) is 0 Å². The highest BCUT2D eigenvalue weighted by Gasteiger charge is 2.36. The zero-order valence-corrected chi connectivity index (χ0v) is 12.7. The van der Waals surface area contributed by atoms with Crippen molar-refractivity contribution in [3.63, 3.8) is 0 Å². The van der Waals surface area contributed by atoms with Crippen molar-refractivity contribution in [3.05, 3.63) is 47.0 Å². The van der Waals surface area contributed by atoms with E-state index >= 15 is 0 Å². The summed E-state index contributed by atoms with van der Waals surface area (Å²) in [4.78, 5) is 13.2. The van der Waals surface area contributed by atoms with Crippen LogP contribution in [0.5, 0.6) is 0 Å². The molecule has 1 atom stereocenters. The predicted molar refractivity (Wildman–Crippen MR) is 81.6 cm³/mol. The van der Waals surface area contributed by atoms with Crippen LogP contribution >= 0.6 is 11.6 Å². The highest BCUT2D eigenvalue weighted by atomic mass is 35.5. The predicted octanol–water partition coefficient (Wildman–Crippen LogP) is 3.17. The van der Waals surface area contributed by atoms with Crippen molar-refractivity contribution in [1.82, 2.24) is 19.9 Å². The van der Waals surface area contributed by atoms with Gasteiger partial charge in [-0.1, -0.05) is 23.7 Å². The number of anilines is 1. The third-order valence-corrected chi connectivity index (χ3v) is 3.51. The van der Waals surface area contributed by atoms with E-state index < -0.39 is 18.1 Å². The number of aliphatic hydroxyl groups excluding tert-OH is 1. The van der Waals surface area contributed by atoms with Crippen LogP contribution in [0.4, 0.5) is 19.0 Å². The third kappa shape index (κ3) is 3.41. The molecule has 0 amide bonds. The van der Waals surface area contributed by atoms with Crippen molar-refractivity contribution in [2.45, 2.75) is 12.3 Å². The molecule has 0 bridgehead atoms. The minimum absolute atomic E-state index is 0.0515. The first-order valence-electron chi connectivity index (χ1n) is 6.80. The van der Waals surface area contributed by atoms with Gasteiger partial charge >= 0.3 is 6.18 Å². The molecule has 0 spiro atoms. The van der Waals surface area contributed by atoms with Crippen LogP contribution in [-0.4, -0.2) is 31.6 Å². The number of imidazole rings is 1. The van der Waals surface area contributed by atoms with E-state index in [1.165, 1.54) is 6.33 Å². The SMILES string of the molecule is O[C@@H](CNc1nc(C(F)(F)F)nc2nc[nH]c12)c1ccc(Cl)cc1. The van der Waals surface area contributed by atoms with Crippen LogP contribution in [0.2, 0.25) is 5.02 Å². The molecule has 0 saturated carbocycles. The molecule has 2 aromatic heterocycles. The lowest BCUT2D eigenvalue weighted by Crippen LogP contribution is -2.17. The summed E-state index contributed by atoms with van der Waals surface area (Å²) in [5.74, 6) is -1.39. The second-order valence-corrected chi connectivity index (χ2v) is 5.38. The summed E-state index contributed by atoms with van der Waals surface area (Å²) in [5, 5.41) is 13.3. The Balaban J connectivity index is 1.84. The maximum Gasteiger partial charge on any atom is 0.451 e. The normalized spacial score (nSPS) is 13.2. The van der Waals surface area contributed by atoms with Crippen molar-refractivity contribution in [2.24, 2.45) is 0 Å². The van der Waals surface area contributed by atoms with Crippen molar-refractivity contribution in [1.29, 1.82) is 0 Å². The lowest BCUT2D eigenvalue weighted by Gasteiger charge is -2.14. The van der Waals surface area contributed by atoms with Crippen LogP contribution in [0.3, 0.4) is 0 Å². The average Bonchev–Trinajstić information content (AvgIpc) is 3.00. The first-order chi connectivity index (χ1) is 11.3. The lowest BCUT2D eigenvalue weighted by molar-refractivity contribution is -0.144. The fraction of sp³-hybridized carbons (Fsp3) is 0.214. The van der Waals surface area contributed by atoms with Crippen LogP contribution in [0.1, 0.15) is 17.5 Å². The lowest BCUT2D eigenvalue weighted by atomic mass is 10.1. The van der Waals surface area contributed by atoms with Gasteiger partial charge in [0.1, 0.15) is 5.52 Å². The first kappa shape index (κ1) is 16.5. The van der Waals surface area contributed by atoms with Crippen LogP contribution in [0.25, 0.3) is 11.2 Å². The van der Waals surface area contributed by atoms with Gasteiger partial charge in [-0.15, -0.1) is 0 Å². The fourth-order valence-electron chi connectivity index (χ4n) is 2.08. The van der Waals surface area contributed by atoms with Gasteiger partial charge in [0.2, 0.25) is 5.82 Å². The molecule has 0 aliphatic carbocycles. The van der Waals surface area contributed by atoms with Gasteiger partial charge in [0.05, 0.1) is 12.4 Å². The topological polar surface area (TPSA) is 86.7 Å². The van der Waals surface area contributed by atoms with Crippen LogP contribution < -0.4 is 5.32 Å². The van der Waals surface area contributed by atoms with Crippen LogP contribution in [0, 0.1) is 0 Å². The van der Waals surface area contributed by atoms with Gasteiger partial charge < -0.3 is 15.4 Å². The molecule has 1 aromatic carbocycles. The largest absolute Gasteiger partial charge is 0.451 e. The van der Waals surface area contributed by atoms with Crippen molar-refractivity contribution < 1.29 is 18.3 Å². The number of halogens is 4. The Kier molecular flexibility index (Phi) is 4.29. The number of aromatic nitrogens is 4. The second kappa shape index (κ2) is 6.25. The molecule has 126 valence electrons. The number of alkyl halides is 3. The quantitative estimate of drug-likeness (QED) is 0.667. The highest BCUT2D eigenvalue weighted by Crippen LogP contribution is 2.29. The molecule has 0 unspecified atom stereocenters. The summed E-state index contributed by atoms with van der Waals surface area (Å²) in [5.41, 5.74) is 0.685. The summed E-state index contributed by atoms with van der Waals surface area (Å²) < 4.78 is 38.6. The molecule has 3 aromatic rings. The van der Waals surface area contributed by atoms with Gasteiger partial charge in [-0.25, -0.2) is 15.0 Å². The maximum absolute atomic E-state index is 12.9. The van der Waals surface area contributed by atoms with Gasteiger partial charge in [-0.3, -0.25) is 0 Å². The van der Waals surface area contributed by atoms with Gasteiger partial charge in [-0.05, 0) is 17.7 Å². The molecular formula is C14H11ClF3N5O. The Morgan fingerprint density at radius 3 is 2.58 bits per heavy atom. The number of H-pyrrole nitrogens is 1. The van der Waals surface area contributed by atoms with Crippen molar-refractivity contribution in [3.8, 4) is 0 Å². The van der Waals surface area contributed by atoms with Crippen molar-refractivity contribution in [2.75, 3.05) is 11.9 Å². The molecule has 10 heteroatoms. The number of nitrogens with zero attached hydrogens (tertiary/aromatic N) is 3. The number of aromatic amines is 1. The zero-order valence-electron chi connectivity index (χ0n) is 12.0. The fourth-order valence-corrected chi connectivity index (χ4v) is 2.21. The highest BCUT2D eigenvalue weighted by molar-refractivity contribution is 6.30. The standard InChI is InChI=1S/C14H11ClF3N5O/c15-8-3-1-7(2-4-8)9(24)5-19-11-10-12(21-6-20-10)23-13(22-11)14(16,17)18/h1-4,6,9,24H,5H2,(H2,19,20,21,22,23)/t9-/m0/s1. The molecule has 0 aliphatic heterocycles. The molecular weight excluding hydrogens is 347 g/mol. The van der Waals surface area contributed by atoms with Crippen LogP contribution in [-0.2, 0) is 6.18 Å². The summed E-state index contributed by atoms with van der Waals surface area (Å²) >= 11 is 5.77. The number of benzene rings is 1. The Morgan fingerprint density at radius 2 is 1.92 bits per heavy atom. The molecule has 3 rings (SSSR count). The molecule has 2 heterocycles. The van der Waals surface area contributed by atoms with E-state index in [-0.39, 0.29) is 23.5 Å². The molecule has 0 fully saturated rings. The minimum atomic E-state index is -4.70. The van der Waals surface area contributed by atoms with Gasteiger partial charge in [0.15, 0.2) is 11.5 Å². The molecule has 0 radical (unpaired) electrons. The summed E-state index contributed by atoms with van der Waals surface area (Å²) in [6.45, 7) is -0.0515. The number of rotatable bonds is 4. The third-order valence-electron chi connectivity index (χ3n) is 3.26. The van der Waals surface area contributed by atoms with E-state index in [1.54, 1.807) is 24.3 Å². The molecule has 3 N–H and O–H groups in total. The Bertz CT molecular complexity index is 850. The minimum Gasteiger partial charge on any atom is -0.387 e. The van der Waals surface area contributed by atoms with E-state index in [9.17, 15) is 18.3 Å². The Hall–Kier alpha value is -2.39. The summed E-state index contributed by atoms with van der Waals surface area (Å²) in [6.07, 6.45) is -4.43. The van der Waals surface area contributed by atoms with Gasteiger partial charge in [-0.2, -0.15) is 13.2 Å². The number of nitrogens with one attached hydrogen (secondary N) is 2. The smallest absolute Gasteiger partial charge is 0.387 e. The van der Waals surface area contributed by atoms with Crippen molar-refractivity contribution >= 4 is 28.6 Å². The number of fused-ring (bicyclic) bond motifs is 1. The van der Waals surface area contributed by atoms with Gasteiger partial charge in [0, 0.05) is 11.6 Å². The number of hydrogen-bond acceptors (Lipinski definition) is 5. The number of hydrogen-bond donors (Lipinski definition) is 3. The Labute approximate surface area is 138 Å². The Morgan fingerprint density at radius 1 is 1.21 bits per heavy atom. The van der Waals surface area contributed by atoms with E-state index in [4.69, 9.17) is 11.6 Å². The van der Waals surface area contributed by atoms with Crippen LogP contribution in [0.15, 0.2) is 30.6 Å². The molecule has 0 saturated heterocycles. The molecule has 6 nitrogen and oxygen atoms in total. The molecule has 24 heavy (non-hydrogen) atoms. The van der Waals surface area contributed by atoms with E-state index in [2.05, 4.69) is 25.3 Å². The summed E-state index contributed by atoms with van der Waals surface area (Å²) in [7, 11) is 0. The maximum atomic E-state index is 12.9. The van der Waals surface area contributed by atoms with E-state index in [0.29, 0.717) is 10.6 Å². The molecule has 0 aliphatic rings. The monoisotopic (exact) mass is 357 g/mol. The summed E-state index contributed by atoms with van der Waals surface area (Å²) in [6, 6.07) is 6.47.